The van der Waals surface area contributed by atoms with Crippen LogP contribution in [0.4, 0.5) is 0 Å². The number of aliphatic carboxylic acids is 1. The van der Waals surface area contributed by atoms with Crippen LogP contribution in [0, 0.1) is 0 Å². The second-order valence-electron chi connectivity index (χ2n) is 3.91. The molecule has 2 rings (SSSR count). The van der Waals surface area contributed by atoms with Crippen molar-refractivity contribution in [1.82, 2.24) is 0 Å². The van der Waals surface area contributed by atoms with Crippen LogP contribution >= 0.6 is 0 Å². The first-order chi connectivity index (χ1) is 9.13. The quantitative estimate of drug-likeness (QED) is 0.896. The summed E-state index contributed by atoms with van der Waals surface area (Å²) in [6.45, 7) is 0. The van der Waals surface area contributed by atoms with E-state index in [-0.39, 0.29) is 6.42 Å². The van der Waals surface area contributed by atoms with Crippen molar-refractivity contribution in [2.45, 2.75) is 6.42 Å². The number of rotatable bonds is 5. The van der Waals surface area contributed by atoms with Gasteiger partial charge in [-0.25, -0.2) is 0 Å². The van der Waals surface area contributed by atoms with E-state index in [1.54, 1.807) is 38.5 Å². The van der Waals surface area contributed by atoms with Crippen LogP contribution in [0.15, 0.2) is 34.7 Å². The molecule has 0 unspecified atom stereocenters. The van der Waals surface area contributed by atoms with Gasteiger partial charge in [0.05, 0.1) is 14.2 Å². The summed E-state index contributed by atoms with van der Waals surface area (Å²) in [7, 11) is 3.12. The molecule has 0 amide bonds. The van der Waals surface area contributed by atoms with Gasteiger partial charge in [-0.15, -0.1) is 0 Å². The van der Waals surface area contributed by atoms with Gasteiger partial charge in [0.1, 0.15) is 17.9 Å². The standard InChI is InChI=1S/C14H14O5/c1-17-12-5-3-9(7-13(12)18-2)11-6-4-10(19-11)8-14(15)16/h3-7H,8H2,1-2H3,(H,15,16). The molecule has 1 heterocycles. The number of methoxy groups -OCH3 is 2. The summed E-state index contributed by atoms with van der Waals surface area (Å²) >= 11 is 0. The van der Waals surface area contributed by atoms with Crippen LogP contribution in [-0.2, 0) is 11.2 Å². The summed E-state index contributed by atoms with van der Waals surface area (Å²) in [6, 6.07) is 8.76. The lowest BCUT2D eigenvalue weighted by atomic mass is 10.1. The molecular weight excluding hydrogens is 248 g/mol. The van der Waals surface area contributed by atoms with E-state index in [0.717, 1.165) is 5.56 Å². The first kappa shape index (κ1) is 13.0. The van der Waals surface area contributed by atoms with E-state index in [1.807, 2.05) is 6.07 Å². The highest BCUT2D eigenvalue weighted by atomic mass is 16.5. The fourth-order valence-electron chi connectivity index (χ4n) is 1.77. The molecule has 0 saturated carbocycles. The molecule has 0 bridgehead atoms. The average Bonchev–Trinajstić information content (AvgIpc) is 2.85. The topological polar surface area (TPSA) is 68.9 Å². The van der Waals surface area contributed by atoms with E-state index in [2.05, 4.69) is 0 Å². The van der Waals surface area contributed by atoms with E-state index in [0.29, 0.717) is 23.0 Å². The van der Waals surface area contributed by atoms with Crippen molar-refractivity contribution >= 4 is 5.97 Å². The minimum absolute atomic E-state index is 0.132. The van der Waals surface area contributed by atoms with Crippen LogP contribution in [0.5, 0.6) is 11.5 Å². The van der Waals surface area contributed by atoms with Crippen LogP contribution in [0.1, 0.15) is 5.76 Å². The molecule has 0 atom stereocenters. The molecule has 0 aliphatic heterocycles. The molecule has 0 aliphatic carbocycles. The molecule has 1 aromatic heterocycles. The summed E-state index contributed by atoms with van der Waals surface area (Å²) in [4.78, 5) is 10.6. The minimum atomic E-state index is -0.923. The summed E-state index contributed by atoms with van der Waals surface area (Å²) in [5.41, 5.74) is 0.800. The summed E-state index contributed by atoms with van der Waals surface area (Å²) in [5, 5.41) is 8.70. The van der Waals surface area contributed by atoms with Gasteiger partial charge in [-0.05, 0) is 30.3 Å². The van der Waals surface area contributed by atoms with Gasteiger partial charge in [-0.3, -0.25) is 4.79 Å². The maximum absolute atomic E-state index is 10.6. The van der Waals surface area contributed by atoms with Crippen LogP contribution in [-0.4, -0.2) is 25.3 Å². The Kier molecular flexibility index (Phi) is 3.75. The normalized spacial score (nSPS) is 10.2. The van der Waals surface area contributed by atoms with Crippen LogP contribution in [0.25, 0.3) is 11.3 Å². The summed E-state index contributed by atoms with van der Waals surface area (Å²) < 4.78 is 15.8. The molecule has 5 heteroatoms. The molecule has 0 radical (unpaired) electrons. The minimum Gasteiger partial charge on any atom is -0.493 e. The molecule has 0 aliphatic rings. The molecule has 19 heavy (non-hydrogen) atoms. The number of hydrogen-bond donors (Lipinski definition) is 1. The van der Waals surface area contributed by atoms with Gasteiger partial charge in [0.2, 0.25) is 0 Å². The van der Waals surface area contributed by atoms with Crippen molar-refractivity contribution in [2.24, 2.45) is 0 Å². The highest BCUT2D eigenvalue weighted by molar-refractivity contribution is 5.70. The lowest BCUT2D eigenvalue weighted by Gasteiger charge is -2.08. The van der Waals surface area contributed by atoms with Gasteiger partial charge in [0, 0.05) is 5.56 Å². The van der Waals surface area contributed by atoms with E-state index in [4.69, 9.17) is 19.0 Å². The number of carboxylic acids is 1. The van der Waals surface area contributed by atoms with Crippen molar-refractivity contribution in [2.75, 3.05) is 14.2 Å². The Bertz CT molecular complexity index is 585. The third-order valence-corrected chi connectivity index (χ3v) is 2.66. The number of carboxylic acid groups (broad SMARTS) is 1. The molecule has 0 saturated heterocycles. The third-order valence-electron chi connectivity index (χ3n) is 2.66. The molecule has 0 spiro atoms. The van der Waals surface area contributed by atoms with Gasteiger partial charge in [-0.2, -0.15) is 0 Å². The lowest BCUT2D eigenvalue weighted by molar-refractivity contribution is -0.136. The Hall–Kier alpha value is -2.43. The average molecular weight is 262 g/mol. The van der Waals surface area contributed by atoms with E-state index in [1.165, 1.54) is 0 Å². The Morgan fingerprint density at radius 1 is 1.16 bits per heavy atom. The number of hydrogen-bond acceptors (Lipinski definition) is 4. The second kappa shape index (κ2) is 5.48. The summed E-state index contributed by atoms with van der Waals surface area (Å²) in [6.07, 6.45) is -0.132. The van der Waals surface area contributed by atoms with Crippen molar-refractivity contribution < 1.29 is 23.8 Å². The molecule has 5 nitrogen and oxygen atoms in total. The fraction of sp³-hybridized carbons (Fsp3) is 0.214. The van der Waals surface area contributed by atoms with E-state index >= 15 is 0 Å². The zero-order valence-electron chi connectivity index (χ0n) is 10.7. The van der Waals surface area contributed by atoms with Crippen molar-refractivity contribution in [1.29, 1.82) is 0 Å². The molecule has 1 N–H and O–H groups in total. The monoisotopic (exact) mass is 262 g/mol. The molecule has 1 aromatic carbocycles. The smallest absolute Gasteiger partial charge is 0.311 e. The van der Waals surface area contributed by atoms with E-state index < -0.39 is 5.97 Å². The molecule has 2 aromatic rings. The maximum atomic E-state index is 10.6. The zero-order chi connectivity index (χ0) is 13.8. The van der Waals surface area contributed by atoms with Gasteiger partial charge in [0.15, 0.2) is 11.5 Å². The SMILES string of the molecule is COc1ccc(-c2ccc(CC(=O)O)o2)cc1OC. The van der Waals surface area contributed by atoms with Crippen LogP contribution < -0.4 is 9.47 Å². The van der Waals surface area contributed by atoms with Gasteiger partial charge < -0.3 is 19.0 Å². The largest absolute Gasteiger partial charge is 0.493 e. The van der Waals surface area contributed by atoms with Crippen molar-refractivity contribution in [3.63, 3.8) is 0 Å². The van der Waals surface area contributed by atoms with Crippen molar-refractivity contribution in [3.05, 3.63) is 36.1 Å². The van der Waals surface area contributed by atoms with E-state index in [9.17, 15) is 4.79 Å². The van der Waals surface area contributed by atoms with Crippen LogP contribution in [0.2, 0.25) is 0 Å². The van der Waals surface area contributed by atoms with Gasteiger partial charge >= 0.3 is 5.97 Å². The first-order valence-corrected chi connectivity index (χ1v) is 5.67. The zero-order valence-corrected chi connectivity index (χ0v) is 10.7. The highest BCUT2D eigenvalue weighted by Crippen LogP contribution is 2.32. The van der Waals surface area contributed by atoms with Crippen LogP contribution in [0.3, 0.4) is 0 Å². The molecule has 100 valence electrons. The molecular formula is C14H14O5. The Morgan fingerprint density at radius 2 is 1.89 bits per heavy atom. The number of ether oxygens (including phenoxy) is 2. The predicted molar refractivity (Wildman–Crippen MR) is 68.6 cm³/mol. The highest BCUT2D eigenvalue weighted by Gasteiger charge is 2.11. The third kappa shape index (κ3) is 2.88. The van der Waals surface area contributed by atoms with Gasteiger partial charge in [-0.1, -0.05) is 0 Å². The predicted octanol–water partition coefficient (Wildman–Crippen LogP) is 2.59. The Labute approximate surface area is 110 Å². The Balaban J connectivity index is 2.31. The maximum Gasteiger partial charge on any atom is 0.311 e. The fourth-order valence-corrected chi connectivity index (χ4v) is 1.77. The lowest BCUT2D eigenvalue weighted by Crippen LogP contribution is -1.97. The second-order valence-corrected chi connectivity index (χ2v) is 3.91. The Morgan fingerprint density at radius 3 is 2.53 bits per heavy atom. The van der Waals surface area contributed by atoms with Gasteiger partial charge in [0.25, 0.3) is 0 Å². The number of carbonyl (C=O) groups is 1. The molecule has 0 fully saturated rings. The van der Waals surface area contributed by atoms with Crippen molar-refractivity contribution in [3.8, 4) is 22.8 Å². The number of furan rings is 1. The first-order valence-electron chi connectivity index (χ1n) is 5.67. The summed E-state index contributed by atoms with van der Waals surface area (Å²) in [5.74, 6) is 1.31. The number of benzene rings is 1.